The van der Waals surface area contributed by atoms with E-state index in [4.69, 9.17) is 23.7 Å². The summed E-state index contributed by atoms with van der Waals surface area (Å²) in [6.07, 6.45) is 0. The van der Waals surface area contributed by atoms with Crippen LogP contribution in [0.2, 0.25) is 0 Å². The highest BCUT2D eigenvalue weighted by molar-refractivity contribution is 7.08. The summed E-state index contributed by atoms with van der Waals surface area (Å²) in [5.41, 5.74) is -0.0398. The summed E-state index contributed by atoms with van der Waals surface area (Å²) in [5.74, 6) is 0. The van der Waals surface area contributed by atoms with E-state index in [1.807, 2.05) is 0 Å². The van der Waals surface area contributed by atoms with Crippen LogP contribution in [0.1, 0.15) is 0 Å². The Labute approximate surface area is 89.9 Å². The molecule has 0 aliphatic rings. The lowest BCUT2D eigenvalue weighted by Gasteiger charge is -1.76. The Hall–Kier alpha value is -2.60. The maximum Gasteiger partial charge on any atom is 0.278 e. The van der Waals surface area contributed by atoms with Gasteiger partial charge in [-0.2, -0.15) is 11.3 Å². The molecule has 5 heteroatoms. The molecule has 0 aliphatic carbocycles. The van der Waals surface area contributed by atoms with E-state index in [1.165, 1.54) is 0 Å². The molecule has 1 heterocycles. The predicted molar refractivity (Wildman–Crippen MR) is 54.8 cm³/mol. The number of nitriles is 2. The fraction of sp³-hybridized carbons (Fsp3) is 0. The standard InChI is InChI=1S/C10H2N4S/c1-13-7(5-11)9-3-4-10(15-9)8(6-12)14-2/h3-4H. The zero-order valence-electron chi connectivity index (χ0n) is 7.35. The highest BCUT2D eigenvalue weighted by Crippen LogP contribution is 1.96. The third kappa shape index (κ3) is 2.01. The Kier molecular flexibility index (Phi) is 3.20. The fourth-order valence-electron chi connectivity index (χ4n) is 0.863. The van der Waals surface area contributed by atoms with Gasteiger partial charge in [0.05, 0.1) is 25.3 Å². The molecule has 0 atom stereocenters. The second-order valence-corrected chi connectivity index (χ2v) is 3.39. The highest BCUT2D eigenvalue weighted by Gasteiger charge is 1.99. The topological polar surface area (TPSA) is 56.3 Å². The first-order valence-corrected chi connectivity index (χ1v) is 4.48. The minimum Gasteiger partial charge on any atom is -0.225 e. The van der Waals surface area contributed by atoms with Crippen LogP contribution in [0.5, 0.6) is 0 Å². The van der Waals surface area contributed by atoms with Crippen LogP contribution in [0.3, 0.4) is 0 Å². The van der Waals surface area contributed by atoms with Gasteiger partial charge in [0.25, 0.3) is 11.4 Å². The first-order valence-electron chi connectivity index (χ1n) is 3.66. The molecule has 0 saturated carbocycles. The van der Waals surface area contributed by atoms with E-state index in [2.05, 4.69) is 9.69 Å². The summed E-state index contributed by atoms with van der Waals surface area (Å²) in [4.78, 5) is 6.09. The molecule has 0 aliphatic heterocycles. The zero-order valence-corrected chi connectivity index (χ0v) is 8.17. The smallest absolute Gasteiger partial charge is 0.225 e. The van der Waals surface area contributed by atoms with Crippen molar-refractivity contribution in [3.8, 4) is 12.1 Å². The van der Waals surface area contributed by atoms with Crippen LogP contribution in [0.25, 0.3) is 21.1 Å². The summed E-state index contributed by atoms with van der Waals surface area (Å²) >= 11 is 1.10. The van der Waals surface area contributed by atoms with E-state index >= 15 is 0 Å². The molecule has 68 valence electrons. The molecule has 4 nitrogen and oxygen atoms in total. The Morgan fingerprint density at radius 3 is 1.73 bits per heavy atom. The third-order valence-corrected chi connectivity index (χ3v) is 2.61. The van der Waals surface area contributed by atoms with Crippen molar-refractivity contribution in [2.75, 3.05) is 0 Å². The van der Waals surface area contributed by atoms with Crippen molar-refractivity contribution >= 4 is 22.7 Å². The molecule has 0 bridgehead atoms. The van der Waals surface area contributed by atoms with Gasteiger partial charge >= 0.3 is 0 Å². The van der Waals surface area contributed by atoms with Gasteiger partial charge in [-0.3, -0.25) is 0 Å². The van der Waals surface area contributed by atoms with Crippen LogP contribution < -0.4 is 9.06 Å². The number of hydrogen-bond acceptors (Lipinski definition) is 3. The van der Waals surface area contributed by atoms with E-state index < -0.39 is 0 Å². The molecular formula is C10H2N4S. The van der Waals surface area contributed by atoms with Crippen molar-refractivity contribution in [2.45, 2.75) is 0 Å². The van der Waals surface area contributed by atoms with Crippen molar-refractivity contribution in [1.29, 1.82) is 10.5 Å². The van der Waals surface area contributed by atoms with Crippen LogP contribution in [0, 0.1) is 35.8 Å². The molecule has 1 aromatic rings. The van der Waals surface area contributed by atoms with E-state index in [0.717, 1.165) is 11.3 Å². The molecular weight excluding hydrogens is 208 g/mol. The molecule has 0 radical (unpaired) electrons. The van der Waals surface area contributed by atoms with Crippen LogP contribution in [0.4, 0.5) is 0 Å². The Bertz CT molecular complexity index is 577. The third-order valence-electron chi connectivity index (χ3n) is 1.51. The van der Waals surface area contributed by atoms with Gasteiger partial charge in [0.2, 0.25) is 0 Å². The lowest BCUT2D eigenvalue weighted by molar-refractivity contribution is 1.53. The van der Waals surface area contributed by atoms with Gasteiger partial charge < -0.3 is 0 Å². The van der Waals surface area contributed by atoms with Crippen molar-refractivity contribution in [1.82, 2.24) is 0 Å². The quantitative estimate of drug-likeness (QED) is 0.596. The first-order chi connectivity index (χ1) is 7.26. The van der Waals surface area contributed by atoms with Crippen LogP contribution in [-0.2, 0) is 0 Å². The summed E-state index contributed by atoms with van der Waals surface area (Å²) in [6, 6.07) is 6.66. The Morgan fingerprint density at radius 1 is 1.07 bits per heavy atom. The van der Waals surface area contributed by atoms with E-state index in [0.29, 0.717) is 9.06 Å². The van der Waals surface area contributed by atoms with Crippen molar-refractivity contribution < 1.29 is 0 Å². The maximum absolute atomic E-state index is 8.62. The minimum absolute atomic E-state index is 0.0199. The molecule has 0 N–H and O–H groups in total. The summed E-state index contributed by atoms with van der Waals surface area (Å²) < 4.78 is 0.970. The summed E-state index contributed by atoms with van der Waals surface area (Å²) in [6.45, 7) is 13.5. The molecule has 0 aromatic carbocycles. The molecule has 15 heavy (non-hydrogen) atoms. The van der Waals surface area contributed by atoms with Crippen LogP contribution >= 0.6 is 11.3 Å². The van der Waals surface area contributed by atoms with E-state index in [9.17, 15) is 0 Å². The Balaban J connectivity index is 3.66. The van der Waals surface area contributed by atoms with Gasteiger partial charge in [-0.05, 0) is 0 Å². The summed E-state index contributed by atoms with van der Waals surface area (Å²) in [7, 11) is 0. The lowest BCUT2D eigenvalue weighted by atomic mass is 10.4. The van der Waals surface area contributed by atoms with Crippen LogP contribution in [-0.4, -0.2) is 0 Å². The maximum atomic E-state index is 8.62. The zero-order chi connectivity index (χ0) is 11.3. The second-order valence-electron chi connectivity index (χ2n) is 2.31. The van der Waals surface area contributed by atoms with Gasteiger partial charge in [-0.1, -0.05) is 12.1 Å². The molecule has 0 amide bonds. The van der Waals surface area contributed by atoms with Gasteiger partial charge in [-0.25, -0.2) is 20.2 Å². The van der Waals surface area contributed by atoms with E-state index in [-0.39, 0.29) is 11.4 Å². The molecule has 0 unspecified atom stereocenters. The lowest BCUT2D eigenvalue weighted by Crippen LogP contribution is -1.97. The van der Waals surface area contributed by atoms with Crippen molar-refractivity contribution in [3.63, 3.8) is 0 Å². The second kappa shape index (κ2) is 4.58. The Morgan fingerprint density at radius 2 is 1.47 bits per heavy atom. The molecule has 0 saturated heterocycles. The molecule has 0 spiro atoms. The summed E-state index contributed by atoms with van der Waals surface area (Å²) in [5, 5.41) is 17.2. The highest BCUT2D eigenvalue weighted by atomic mass is 32.1. The average Bonchev–Trinajstić information content (AvgIpc) is 2.71. The molecule has 0 fully saturated rings. The minimum atomic E-state index is -0.0199. The average molecular weight is 210 g/mol. The van der Waals surface area contributed by atoms with E-state index in [1.54, 1.807) is 24.3 Å². The molecule has 1 aromatic heterocycles. The SMILES string of the molecule is [C-]#[N+]C(C#N)=c1ccc(=C(C#N)[N+]#[C-])s1. The van der Waals surface area contributed by atoms with Crippen molar-refractivity contribution in [3.05, 3.63) is 44.0 Å². The number of thiophene rings is 1. The van der Waals surface area contributed by atoms with Gasteiger partial charge in [0.15, 0.2) is 0 Å². The van der Waals surface area contributed by atoms with Crippen LogP contribution in [0.15, 0.2) is 12.1 Å². The predicted octanol–water partition coefficient (Wildman–Crippen LogP) is 0.850. The van der Waals surface area contributed by atoms with Gasteiger partial charge in [0, 0.05) is 9.06 Å². The van der Waals surface area contributed by atoms with Crippen molar-refractivity contribution in [2.24, 2.45) is 0 Å². The number of hydrogen-bond donors (Lipinski definition) is 0. The number of nitrogens with zero attached hydrogens (tertiary/aromatic N) is 4. The normalized spacial score (nSPS) is 12.5. The number of rotatable bonds is 0. The fourth-order valence-corrected chi connectivity index (χ4v) is 1.75. The largest absolute Gasteiger partial charge is 0.278 e. The first kappa shape index (κ1) is 10.5. The monoisotopic (exact) mass is 210 g/mol. The molecule has 1 rings (SSSR count). The van der Waals surface area contributed by atoms with Gasteiger partial charge in [-0.15, -0.1) is 0 Å². The van der Waals surface area contributed by atoms with Gasteiger partial charge in [0.1, 0.15) is 0 Å².